The van der Waals surface area contributed by atoms with Crippen LogP contribution in [0.1, 0.15) is 40.4 Å². The van der Waals surface area contributed by atoms with Gasteiger partial charge in [0, 0.05) is 31.2 Å². The number of nitriles is 1. The molecular formula is C19H19N3O2. The second-order valence-corrected chi connectivity index (χ2v) is 5.88. The van der Waals surface area contributed by atoms with Gasteiger partial charge in [0.25, 0.3) is 5.91 Å². The number of hydrogen-bond acceptors (Lipinski definition) is 4. The van der Waals surface area contributed by atoms with E-state index in [1.807, 2.05) is 12.1 Å². The summed E-state index contributed by atoms with van der Waals surface area (Å²) >= 11 is 0. The van der Waals surface area contributed by atoms with Gasteiger partial charge in [0.1, 0.15) is 0 Å². The van der Waals surface area contributed by atoms with E-state index in [4.69, 9.17) is 10.00 Å². The monoisotopic (exact) mass is 321 g/mol. The molecule has 1 N–H and O–H groups in total. The molecule has 2 heterocycles. The molecule has 1 aromatic carbocycles. The van der Waals surface area contributed by atoms with Crippen molar-refractivity contribution in [3.8, 4) is 6.07 Å². The van der Waals surface area contributed by atoms with Crippen molar-refractivity contribution in [2.75, 3.05) is 13.2 Å². The molecule has 0 aliphatic carbocycles. The number of ether oxygens (including phenoxy) is 1. The van der Waals surface area contributed by atoms with Crippen LogP contribution in [0.25, 0.3) is 0 Å². The van der Waals surface area contributed by atoms with E-state index in [1.54, 1.807) is 36.7 Å². The first-order valence-corrected chi connectivity index (χ1v) is 8.06. The number of pyridine rings is 1. The van der Waals surface area contributed by atoms with Crippen LogP contribution in [-0.2, 0) is 4.74 Å². The van der Waals surface area contributed by atoms with Crippen LogP contribution in [0.3, 0.4) is 0 Å². The fourth-order valence-electron chi connectivity index (χ4n) is 3.04. The maximum absolute atomic E-state index is 12.7. The van der Waals surface area contributed by atoms with E-state index < -0.39 is 0 Å². The summed E-state index contributed by atoms with van der Waals surface area (Å²) in [5.74, 6) is 0.137. The Kier molecular flexibility index (Phi) is 5.19. The molecule has 1 saturated heterocycles. The van der Waals surface area contributed by atoms with Crippen LogP contribution in [0.4, 0.5) is 0 Å². The minimum absolute atomic E-state index is 0.110. The number of hydrogen-bond donors (Lipinski definition) is 1. The molecule has 1 amide bonds. The first kappa shape index (κ1) is 16.2. The average molecular weight is 321 g/mol. The summed E-state index contributed by atoms with van der Waals surface area (Å²) in [6.07, 6.45) is 5.32. The Morgan fingerprint density at radius 2 is 2.12 bits per heavy atom. The Balaban J connectivity index is 1.83. The lowest BCUT2D eigenvalue weighted by Gasteiger charge is -2.31. The molecule has 5 nitrogen and oxygen atoms in total. The zero-order valence-corrected chi connectivity index (χ0v) is 13.3. The number of rotatable bonds is 4. The Hall–Kier alpha value is -2.71. The molecule has 1 aromatic heterocycles. The molecule has 1 aliphatic heterocycles. The molecule has 1 atom stereocenters. The van der Waals surface area contributed by atoms with Gasteiger partial charge in [-0.1, -0.05) is 12.1 Å². The molecule has 3 rings (SSSR count). The van der Waals surface area contributed by atoms with Crippen LogP contribution in [0.5, 0.6) is 0 Å². The quantitative estimate of drug-likeness (QED) is 0.939. The minimum atomic E-state index is -0.174. The summed E-state index contributed by atoms with van der Waals surface area (Å²) in [4.78, 5) is 16.8. The molecular weight excluding hydrogens is 302 g/mol. The van der Waals surface area contributed by atoms with Crippen molar-refractivity contribution in [2.45, 2.75) is 18.9 Å². The largest absolute Gasteiger partial charge is 0.381 e. The van der Waals surface area contributed by atoms with Crippen molar-refractivity contribution in [3.63, 3.8) is 0 Å². The van der Waals surface area contributed by atoms with Gasteiger partial charge in [-0.25, -0.2) is 0 Å². The lowest BCUT2D eigenvalue weighted by atomic mass is 9.87. The second-order valence-electron chi connectivity index (χ2n) is 5.88. The second kappa shape index (κ2) is 7.71. The summed E-state index contributed by atoms with van der Waals surface area (Å²) < 4.78 is 5.44. The van der Waals surface area contributed by atoms with Gasteiger partial charge in [0.15, 0.2) is 0 Å². The predicted octanol–water partition coefficient (Wildman–Crippen LogP) is 2.85. The Morgan fingerprint density at radius 3 is 2.83 bits per heavy atom. The van der Waals surface area contributed by atoms with Crippen LogP contribution < -0.4 is 5.32 Å². The smallest absolute Gasteiger partial charge is 0.251 e. The summed E-state index contributed by atoms with van der Waals surface area (Å²) in [5.41, 5.74) is 1.97. The molecule has 0 bridgehead atoms. The SMILES string of the molecule is N#Cc1cccc(C(=O)NC(c2cccnc2)C2CCOCC2)c1. The third-order valence-corrected chi connectivity index (χ3v) is 4.32. The summed E-state index contributed by atoms with van der Waals surface area (Å²) in [5, 5.41) is 12.1. The van der Waals surface area contributed by atoms with Gasteiger partial charge in [0.05, 0.1) is 17.7 Å². The molecule has 0 radical (unpaired) electrons. The van der Waals surface area contributed by atoms with Gasteiger partial charge < -0.3 is 10.1 Å². The minimum Gasteiger partial charge on any atom is -0.381 e. The summed E-state index contributed by atoms with van der Waals surface area (Å²) in [6, 6.07) is 12.6. The van der Waals surface area contributed by atoms with Gasteiger partial charge in [0.2, 0.25) is 0 Å². The number of carbonyl (C=O) groups excluding carboxylic acids is 1. The van der Waals surface area contributed by atoms with Crippen LogP contribution >= 0.6 is 0 Å². The van der Waals surface area contributed by atoms with E-state index in [9.17, 15) is 4.79 Å². The van der Waals surface area contributed by atoms with E-state index in [1.165, 1.54) is 0 Å². The number of carbonyl (C=O) groups is 1. The van der Waals surface area contributed by atoms with Crippen molar-refractivity contribution >= 4 is 5.91 Å². The molecule has 2 aromatic rings. The molecule has 1 unspecified atom stereocenters. The molecule has 24 heavy (non-hydrogen) atoms. The van der Waals surface area contributed by atoms with E-state index in [2.05, 4.69) is 16.4 Å². The van der Waals surface area contributed by atoms with Gasteiger partial charge in [-0.15, -0.1) is 0 Å². The molecule has 5 heteroatoms. The van der Waals surface area contributed by atoms with Crippen LogP contribution in [0.15, 0.2) is 48.8 Å². The Labute approximate surface area is 141 Å². The predicted molar refractivity (Wildman–Crippen MR) is 89.1 cm³/mol. The highest BCUT2D eigenvalue weighted by Crippen LogP contribution is 2.30. The number of aromatic nitrogens is 1. The van der Waals surface area contributed by atoms with E-state index in [0.29, 0.717) is 30.3 Å². The van der Waals surface area contributed by atoms with Crippen molar-refractivity contribution in [1.82, 2.24) is 10.3 Å². The zero-order valence-electron chi connectivity index (χ0n) is 13.3. The zero-order chi connectivity index (χ0) is 16.8. The fourth-order valence-corrected chi connectivity index (χ4v) is 3.04. The maximum Gasteiger partial charge on any atom is 0.251 e. The number of benzene rings is 1. The highest BCUT2D eigenvalue weighted by molar-refractivity contribution is 5.94. The van der Waals surface area contributed by atoms with Crippen molar-refractivity contribution < 1.29 is 9.53 Å². The highest BCUT2D eigenvalue weighted by Gasteiger charge is 2.27. The summed E-state index contributed by atoms with van der Waals surface area (Å²) in [7, 11) is 0. The number of amides is 1. The topological polar surface area (TPSA) is 75.0 Å². The van der Waals surface area contributed by atoms with Gasteiger partial charge in [-0.2, -0.15) is 5.26 Å². The number of nitrogens with zero attached hydrogens (tertiary/aromatic N) is 2. The Morgan fingerprint density at radius 1 is 1.29 bits per heavy atom. The maximum atomic E-state index is 12.7. The van der Waals surface area contributed by atoms with Gasteiger partial charge in [-0.05, 0) is 48.6 Å². The summed E-state index contributed by atoms with van der Waals surface area (Å²) in [6.45, 7) is 1.42. The number of nitrogens with one attached hydrogen (secondary N) is 1. The van der Waals surface area contributed by atoms with Gasteiger partial charge >= 0.3 is 0 Å². The lowest BCUT2D eigenvalue weighted by Crippen LogP contribution is -2.36. The van der Waals surface area contributed by atoms with E-state index in [0.717, 1.165) is 18.4 Å². The van der Waals surface area contributed by atoms with Crippen molar-refractivity contribution in [3.05, 3.63) is 65.5 Å². The van der Waals surface area contributed by atoms with Gasteiger partial charge in [-0.3, -0.25) is 9.78 Å². The standard InChI is InChI=1S/C19H19N3O2/c20-12-14-3-1-4-16(11-14)19(23)22-18(15-6-9-24-10-7-15)17-5-2-8-21-13-17/h1-5,8,11,13,15,18H,6-7,9-10H2,(H,22,23). The molecule has 122 valence electrons. The molecule has 0 spiro atoms. The van der Waals surface area contributed by atoms with Crippen LogP contribution in [-0.4, -0.2) is 24.1 Å². The normalized spacial score (nSPS) is 16.1. The average Bonchev–Trinajstić information content (AvgIpc) is 2.67. The van der Waals surface area contributed by atoms with Crippen LogP contribution in [0, 0.1) is 17.2 Å². The highest BCUT2D eigenvalue weighted by atomic mass is 16.5. The molecule has 1 fully saturated rings. The van der Waals surface area contributed by atoms with E-state index in [-0.39, 0.29) is 11.9 Å². The lowest BCUT2D eigenvalue weighted by molar-refractivity contribution is 0.0513. The first-order valence-electron chi connectivity index (χ1n) is 8.06. The van der Waals surface area contributed by atoms with Crippen molar-refractivity contribution in [1.29, 1.82) is 5.26 Å². The Bertz CT molecular complexity index is 734. The van der Waals surface area contributed by atoms with E-state index >= 15 is 0 Å². The molecule has 0 saturated carbocycles. The third kappa shape index (κ3) is 3.79. The fraction of sp³-hybridized carbons (Fsp3) is 0.316. The third-order valence-electron chi connectivity index (χ3n) is 4.32. The van der Waals surface area contributed by atoms with Crippen molar-refractivity contribution in [2.24, 2.45) is 5.92 Å². The molecule has 1 aliphatic rings. The first-order chi connectivity index (χ1) is 11.8. The van der Waals surface area contributed by atoms with Crippen LogP contribution in [0.2, 0.25) is 0 Å².